The molecule has 0 aliphatic rings. The number of hydrogen-bond donors (Lipinski definition) is 1. The summed E-state index contributed by atoms with van der Waals surface area (Å²) in [5.74, 6) is 1.77. The van der Waals surface area contributed by atoms with Crippen LogP contribution in [0.3, 0.4) is 0 Å². The Morgan fingerprint density at radius 2 is 2.23 bits per heavy atom. The summed E-state index contributed by atoms with van der Waals surface area (Å²) in [6, 6.07) is 0. The van der Waals surface area contributed by atoms with E-state index in [0.29, 0.717) is 0 Å². The largest absolute Gasteiger partial charge is 0.369 e. The molecule has 0 saturated carbocycles. The minimum absolute atomic E-state index is 0.869. The highest BCUT2D eigenvalue weighted by Crippen LogP contribution is 2.18. The number of aromatic nitrogens is 2. The molecular weight excluding hydrogens is 230 g/mol. The first kappa shape index (κ1) is 10.4. The van der Waals surface area contributed by atoms with Gasteiger partial charge in [0.15, 0.2) is 0 Å². The average molecular weight is 244 g/mol. The first-order chi connectivity index (χ1) is 6.27. The molecule has 0 unspecified atom stereocenters. The van der Waals surface area contributed by atoms with E-state index >= 15 is 0 Å². The van der Waals surface area contributed by atoms with E-state index in [0.717, 1.165) is 35.5 Å². The molecule has 0 aromatic carbocycles. The molecule has 0 aliphatic carbocycles. The maximum absolute atomic E-state index is 4.36. The molecular formula is C9H14BrN3. The Morgan fingerprint density at radius 3 is 2.85 bits per heavy atom. The highest BCUT2D eigenvalue weighted by molar-refractivity contribution is 9.10. The lowest BCUT2D eigenvalue weighted by Gasteiger charge is -2.06. The standard InChI is InChI=1S/C9H14BrN3/c1-3-5-11-9-7(10)6-12-8(4-2)13-9/h6H,3-5H2,1-2H3,(H,11,12,13). The van der Waals surface area contributed by atoms with Crippen LogP contribution in [0.1, 0.15) is 26.1 Å². The molecule has 0 bridgehead atoms. The number of rotatable bonds is 4. The van der Waals surface area contributed by atoms with E-state index in [-0.39, 0.29) is 0 Å². The lowest BCUT2D eigenvalue weighted by Crippen LogP contribution is -2.05. The fourth-order valence-corrected chi connectivity index (χ4v) is 1.27. The van der Waals surface area contributed by atoms with Crippen LogP contribution in [0.2, 0.25) is 0 Å². The number of anilines is 1. The molecule has 0 atom stereocenters. The van der Waals surface area contributed by atoms with Gasteiger partial charge in [-0.15, -0.1) is 0 Å². The van der Waals surface area contributed by atoms with Crippen LogP contribution in [0.4, 0.5) is 5.82 Å². The van der Waals surface area contributed by atoms with Crippen LogP contribution in [0, 0.1) is 0 Å². The Kier molecular flexibility index (Phi) is 4.15. The number of nitrogens with zero attached hydrogens (tertiary/aromatic N) is 2. The second-order valence-electron chi connectivity index (χ2n) is 2.76. The summed E-state index contributed by atoms with van der Waals surface area (Å²) < 4.78 is 0.929. The van der Waals surface area contributed by atoms with Crippen LogP contribution < -0.4 is 5.32 Å². The van der Waals surface area contributed by atoms with Crippen LogP contribution in [0.25, 0.3) is 0 Å². The molecule has 4 heteroatoms. The maximum Gasteiger partial charge on any atom is 0.144 e. The van der Waals surface area contributed by atoms with E-state index in [1.54, 1.807) is 6.20 Å². The predicted octanol–water partition coefficient (Wildman–Crippen LogP) is 2.62. The summed E-state index contributed by atoms with van der Waals surface area (Å²) in [7, 11) is 0. The lowest BCUT2D eigenvalue weighted by molar-refractivity contribution is 0.912. The average Bonchev–Trinajstić information content (AvgIpc) is 2.17. The van der Waals surface area contributed by atoms with Crippen molar-refractivity contribution in [3.63, 3.8) is 0 Å². The quantitative estimate of drug-likeness (QED) is 0.884. The topological polar surface area (TPSA) is 37.8 Å². The zero-order chi connectivity index (χ0) is 9.68. The third-order valence-corrected chi connectivity index (χ3v) is 2.23. The highest BCUT2D eigenvalue weighted by atomic mass is 79.9. The van der Waals surface area contributed by atoms with Crippen LogP contribution in [-0.2, 0) is 6.42 Å². The van der Waals surface area contributed by atoms with Crippen molar-refractivity contribution in [2.24, 2.45) is 0 Å². The van der Waals surface area contributed by atoms with Crippen molar-refractivity contribution in [3.8, 4) is 0 Å². The van der Waals surface area contributed by atoms with Crippen molar-refractivity contribution < 1.29 is 0 Å². The molecule has 0 spiro atoms. The number of aryl methyl sites for hydroxylation is 1. The van der Waals surface area contributed by atoms with Crippen molar-refractivity contribution in [2.45, 2.75) is 26.7 Å². The van der Waals surface area contributed by atoms with Gasteiger partial charge in [0.05, 0.1) is 4.47 Å². The third kappa shape index (κ3) is 2.95. The first-order valence-electron chi connectivity index (χ1n) is 4.53. The summed E-state index contributed by atoms with van der Waals surface area (Å²) in [5, 5.41) is 3.24. The smallest absolute Gasteiger partial charge is 0.144 e. The normalized spacial score (nSPS) is 10.1. The summed E-state index contributed by atoms with van der Waals surface area (Å²) in [4.78, 5) is 8.53. The summed E-state index contributed by atoms with van der Waals surface area (Å²) >= 11 is 3.40. The molecule has 0 saturated heterocycles. The predicted molar refractivity (Wildman–Crippen MR) is 57.9 cm³/mol. The van der Waals surface area contributed by atoms with Gasteiger partial charge in [-0.25, -0.2) is 9.97 Å². The highest BCUT2D eigenvalue weighted by Gasteiger charge is 2.01. The lowest BCUT2D eigenvalue weighted by atomic mass is 10.4. The van der Waals surface area contributed by atoms with Gasteiger partial charge < -0.3 is 5.32 Å². The van der Waals surface area contributed by atoms with Crippen LogP contribution in [-0.4, -0.2) is 16.5 Å². The molecule has 1 aromatic heterocycles. The minimum Gasteiger partial charge on any atom is -0.369 e. The Morgan fingerprint density at radius 1 is 1.46 bits per heavy atom. The summed E-state index contributed by atoms with van der Waals surface area (Å²) in [6.45, 7) is 5.12. The second-order valence-corrected chi connectivity index (χ2v) is 3.62. The monoisotopic (exact) mass is 243 g/mol. The van der Waals surface area contributed by atoms with Gasteiger partial charge in [0.2, 0.25) is 0 Å². The SMILES string of the molecule is CCCNc1nc(CC)ncc1Br. The van der Waals surface area contributed by atoms with E-state index in [1.807, 2.05) is 6.92 Å². The molecule has 13 heavy (non-hydrogen) atoms. The minimum atomic E-state index is 0.869. The van der Waals surface area contributed by atoms with Gasteiger partial charge in [0, 0.05) is 19.2 Å². The Labute approximate surface area is 87.1 Å². The van der Waals surface area contributed by atoms with E-state index in [2.05, 4.69) is 38.1 Å². The molecule has 0 radical (unpaired) electrons. The fraction of sp³-hybridized carbons (Fsp3) is 0.556. The Bertz CT molecular complexity index is 276. The molecule has 0 fully saturated rings. The molecule has 0 aliphatic heterocycles. The number of nitrogens with one attached hydrogen (secondary N) is 1. The van der Waals surface area contributed by atoms with E-state index in [1.165, 1.54) is 0 Å². The molecule has 1 rings (SSSR count). The van der Waals surface area contributed by atoms with Crippen molar-refractivity contribution in [1.29, 1.82) is 0 Å². The number of halogens is 1. The number of hydrogen-bond acceptors (Lipinski definition) is 3. The van der Waals surface area contributed by atoms with Crippen LogP contribution in [0.15, 0.2) is 10.7 Å². The molecule has 3 nitrogen and oxygen atoms in total. The van der Waals surface area contributed by atoms with Gasteiger partial charge in [0.25, 0.3) is 0 Å². The van der Waals surface area contributed by atoms with Gasteiger partial charge in [0.1, 0.15) is 11.6 Å². The van der Waals surface area contributed by atoms with Crippen molar-refractivity contribution in [3.05, 3.63) is 16.5 Å². The van der Waals surface area contributed by atoms with Gasteiger partial charge >= 0.3 is 0 Å². The van der Waals surface area contributed by atoms with Crippen LogP contribution in [0.5, 0.6) is 0 Å². The molecule has 1 heterocycles. The molecule has 1 N–H and O–H groups in total. The van der Waals surface area contributed by atoms with Gasteiger partial charge in [-0.3, -0.25) is 0 Å². The van der Waals surface area contributed by atoms with Crippen molar-refractivity contribution in [2.75, 3.05) is 11.9 Å². The zero-order valence-electron chi connectivity index (χ0n) is 7.97. The molecule has 72 valence electrons. The van der Waals surface area contributed by atoms with Crippen LogP contribution >= 0.6 is 15.9 Å². The Hall–Kier alpha value is -0.640. The molecule has 1 aromatic rings. The fourth-order valence-electron chi connectivity index (χ4n) is 0.941. The van der Waals surface area contributed by atoms with Crippen molar-refractivity contribution in [1.82, 2.24) is 9.97 Å². The first-order valence-corrected chi connectivity index (χ1v) is 5.32. The zero-order valence-corrected chi connectivity index (χ0v) is 9.56. The van der Waals surface area contributed by atoms with Gasteiger partial charge in [-0.1, -0.05) is 13.8 Å². The molecule has 0 amide bonds. The van der Waals surface area contributed by atoms with E-state index in [9.17, 15) is 0 Å². The second kappa shape index (κ2) is 5.17. The maximum atomic E-state index is 4.36. The summed E-state index contributed by atoms with van der Waals surface area (Å²) in [6.07, 6.45) is 3.76. The summed E-state index contributed by atoms with van der Waals surface area (Å²) in [5.41, 5.74) is 0. The third-order valence-electron chi connectivity index (χ3n) is 1.65. The van der Waals surface area contributed by atoms with Crippen molar-refractivity contribution >= 4 is 21.7 Å². The van der Waals surface area contributed by atoms with Gasteiger partial charge in [-0.05, 0) is 22.4 Å². The van der Waals surface area contributed by atoms with E-state index < -0.39 is 0 Å². The van der Waals surface area contributed by atoms with E-state index in [4.69, 9.17) is 0 Å². The Balaban J connectivity index is 2.78. The van der Waals surface area contributed by atoms with Gasteiger partial charge in [-0.2, -0.15) is 0 Å².